The molecule has 0 aliphatic heterocycles. The van der Waals surface area contributed by atoms with Crippen molar-refractivity contribution in [2.45, 2.75) is 6.92 Å². The van der Waals surface area contributed by atoms with Gasteiger partial charge in [-0.05, 0) is 6.92 Å². The Morgan fingerprint density at radius 2 is 2.30 bits per heavy atom. The van der Waals surface area contributed by atoms with Gasteiger partial charge in [0.1, 0.15) is 0 Å². The summed E-state index contributed by atoms with van der Waals surface area (Å²) in [6.45, 7) is 2.02. The second-order valence-corrected chi connectivity index (χ2v) is 4.06. The summed E-state index contributed by atoms with van der Waals surface area (Å²) in [4.78, 5) is 0. The summed E-state index contributed by atoms with van der Waals surface area (Å²) in [6, 6.07) is 0. The van der Waals surface area contributed by atoms with Crippen molar-refractivity contribution in [3.8, 4) is 0 Å². The summed E-state index contributed by atoms with van der Waals surface area (Å²) in [5.41, 5.74) is 0. The Bertz CT molecular complexity index is 122. The van der Waals surface area contributed by atoms with Gasteiger partial charge in [-0.25, -0.2) is 10.5 Å². The molecule has 0 fully saturated rings. The van der Waals surface area contributed by atoms with Crippen molar-refractivity contribution in [1.29, 1.82) is 0 Å². The Hall–Kier alpha value is 0.400. The zero-order chi connectivity index (χ0) is 8.04. The normalized spacial score (nSPS) is 16.7. The van der Waals surface area contributed by atoms with E-state index in [0.29, 0.717) is 6.61 Å². The minimum atomic E-state index is -3.05. The zero-order valence-electron chi connectivity index (χ0n) is 5.75. The summed E-state index contributed by atoms with van der Waals surface area (Å²) in [7, 11) is -3.05. The van der Waals surface area contributed by atoms with E-state index in [2.05, 4.69) is 4.62 Å². The van der Waals surface area contributed by atoms with Crippen LogP contribution in [0.15, 0.2) is 0 Å². The second-order valence-electron chi connectivity index (χ2n) is 1.55. The Labute approximate surface area is 65.1 Å². The van der Waals surface area contributed by atoms with Crippen molar-refractivity contribution < 1.29 is 13.7 Å². The monoisotopic (exact) mass is 187 g/mol. The van der Waals surface area contributed by atoms with Crippen LogP contribution in [0.4, 0.5) is 0 Å². The van der Waals surface area contributed by atoms with Gasteiger partial charge in [0.05, 0.1) is 12.8 Å². The summed E-state index contributed by atoms with van der Waals surface area (Å²) in [5, 5.41) is 0. The molecule has 0 amide bonds. The quantitative estimate of drug-likeness (QED) is 0.401. The molecule has 6 heteroatoms. The molecule has 0 spiro atoms. The van der Waals surface area contributed by atoms with Crippen LogP contribution in [0, 0.1) is 0 Å². The molecule has 0 bridgehead atoms. The summed E-state index contributed by atoms with van der Waals surface area (Å²) < 4.78 is 20.0. The summed E-state index contributed by atoms with van der Waals surface area (Å²) in [6.07, 6.45) is 0.152. The van der Waals surface area contributed by atoms with E-state index in [1.54, 1.807) is 6.92 Å². The lowest BCUT2D eigenvalue weighted by molar-refractivity contribution is 0.217. The molecular formula is C4H11ClNO3P. The predicted octanol–water partition coefficient (Wildman–Crippen LogP) is 1.35. The van der Waals surface area contributed by atoms with Crippen molar-refractivity contribution in [2.24, 2.45) is 5.90 Å². The maximum absolute atomic E-state index is 11.1. The van der Waals surface area contributed by atoms with Crippen LogP contribution in [-0.4, -0.2) is 18.6 Å². The Balaban J connectivity index is 3.83. The van der Waals surface area contributed by atoms with E-state index < -0.39 is 7.60 Å². The van der Waals surface area contributed by atoms with E-state index >= 15 is 0 Å². The molecule has 1 unspecified atom stereocenters. The first-order chi connectivity index (χ1) is 4.68. The van der Waals surface area contributed by atoms with Gasteiger partial charge in [-0.1, -0.05) is 0 Å². The number of rotatable bonds is 5. The highest BCUT2D eigenvalue weighted by molar-refractivity contribution is 7.53. The van der Waals surface area contributed by atoms with Crippen molar-refractivity contribution in [3.05, 3.63) is 0 Å². The zero-order valence-corrected chi connectivity index (χ0v) is 7.40. The number of hydrogen-bond donors (Lipinski definition) is 1. The number of alkyl halides is 1. The van der Waals surface area contributed by atoms with Gasteiger partial charge in [0.25, 0.3) is 0 Å². The van der Waals surface area contributed by atoms with Gasteiger partial charge in [-0.3, -0.25) is 4.57 Å². The Morgan fingerprint density at radius 1 is 1.70 bits per heavy atom. The van der Waals surface area contributed by atoms with Gasteiger partial charge in [0.15, 0.2) is 0 Å². The second kappa shape index (κ2) is 5.10. The highest BCUT2D eigenvalue weighted by Crippen LogP contribution is 2.45. The van der Waals surface area contributed by atoms with E-state index in [1.165, 1.54) is 0 Å². The predicted molar refractivity (Wildman–Crippen MR) is 40.1 cm³/mol. The third kappa shape index (κ3) is 3.54. The summed E-state index contributed by atoms with van der Waals surface area (Å²) >= 11 is 5.31. The van der Waals surface area contributed by atoms with Crippen LogP contribution in [-0.2, 0) is 13.7 Å². The molecular weight excluding hydrogens is 176 g/mol. The standard InChI is InChI=1S/C4H11ClNO3P/c1-2-8-10(7,9-6)4-3-5/h2-4,6H2,1H3. The average molecular weight is 188 g/mol. The minimum Gasteiger partial charge on any atom is -0.308 e. The van der Waals surface area contributed by atoms with Gasteiger partial charge in [-0.15, -0.1) is 11.6 Å². The molecule has 0 radical (unpaired) electrons. The van der Waals surface area contributed by atoms with E-state index in [4.69, 9.17) is 22.0 Å². The van der Waals surface area contributed by atoms with Crippen LogP contribution >= 0.6 is 19.2 Å². The minimum absolute atomic E-state index is 0.152. The first kappa shape index (κ1) is 10.4. The van der Waals surface area contributed by atoms with Crippen LogP contribution in [0.25, 0.3) is 0 Å². The lowest BCUT2D eigenvalue weighted by atomic mass is 10.9. The van der Waals surface area contributed by atoms with Crippen molar-refractivity contribution in [3.63, 3.8) is 0 Å². The van der Waals surface area contributed by atoms with E-state index in [0.717, 1.165) is 0 Å². The summed E-state index contributed by atoms with van der Waals surface area (Å²) in [5.74, 6) is 4.95. The fourth-order valence-electron chi connectivity index (χ4n) is 0.448. The fraction of sp³-hybridized carbons (Fsp3) is 1.00. The van der Waals surface area contributed by atoms with Crippen molar-refractivity contribution in [2.75, 3.05) is 18.6 Å². The SMILES string of the molecule is CCOP(=O)(CCCl)ON. The molecule has 0 heterocycles. The molecule has 1 atom stereocenters. The van der Waals surface area contributed by atoms with Gasteiger partial charge >= 0.3 is 7.60 Å². The smallest absolute Gasteiger partial charge is 0.308 e. The lowest BCUT2D eigenvalue weighted by Crippen LogP contribution is -2.05. The lowest BCUT2D eigenvalue weighted by Gasteiger charge is -2.11. The number of nitrogens with two attached hydrogens (primary N) is 1. The number of hydrogen-bond acceptors (Lipinski definition) is 4. The van der Waals surface area contributed by atoms with Crippen LogP contribution in [0.5, 0.6) is 0 Å². The molecule has 62 valence electrons. The molecule has 0 aliphatic rings. The largest absolute Gasteiger partial charge is 0.347 e. The molecule has 0 aliphatic carbocycles. The first-order valence-electron chi connectivity index (χ1n) is 2.86. The van der Waals surface area contributed by atoms with E-state index in [9.17, 15) is 4.57 Å². The van der Waals surface area contributed by atoms with E-state index in [1.807, 2.05) is 0 Å². The van der Waals surface area contributed by atoms with Crippen molar-refractivity contribution in [1.82, 2.24) is 0 Å². The number of halogens is 1. The van der Waals surface area contributed by atoms with E-state index in [-0.39, 0.29) is 12.0 Å². The maximum Gasteiger partial charge on any atom is 0.347 e. The average Bonchev–Trinajstić information content (AvgIpc) is 1.89. The molecule has 10 heavy (non-hydrogen) atoms. The third-order valence-electron chi connectivity index (χ3n) is 0.845. The van der Waals surface area contributed by atoms with Crippen LogP contribution in [0.1, 0.15) is 6.92 Å². The molecule has 0 saturated heterocycles. The van der Waals surface area contributed by atoms with Gasteiger partial charge in [-0.2, -0.15) is 0 Å². The topological polar surface area (TPSA) is 61.5 Å². The molecule has 2 N–H and O–H groups in total. The third-order valence-corrected chi connectivity index (χ3v) is 3.04. The molecule has 0 saturated carbocycles. The van der Waals surface area contributed by atoms with Crippen LogP contribution < -0.4 is 5.90 Å². The molecule has 0 aromatic heterocycles. The van der Waals surface area contributed by atoms with Gasteiger partial charge in [0.2, 0.25) is 0 Å². The van der Waals surface area contributed by atoms with Crippen molar-refractivity contribution >= 4 is 19.2 Å². The highest BCUT2D eigenvalue weighted by Gasteiger charge is 2.21. The molecule has 0 rings (SSSR count). The fourth-order valence-corrected chi connectivity index (χ4v) is 1.96. The van der Waals surface area contributed by atoms with Crippen LogP contribution in [0.2, 0.25) is 0 Å². The Morgan fingerprint density at radius 3 is 2.60 bits per heavy atom. The Kier molecular flexibility index (Phi) is 5.31. The maximum atomic E-state index is 11.1. The first-order valence-corrected chi connectivity index (χ1v) is 5.13. The molecule has 4 nitrogen and oxygen atoms in total. The highest BCUT2D eigenvalue weighted by atomic mass is 35.5. The molecule has 0 aromatic carbocycles. The van der Waals surface area contributed by atoms with Gasteiger partial charge < -0.3 is 4.52 Å². The van der Waals surface area contributed by atoms with Crippen LogP contribution in [0.3, 0.4) is 0 Å². The molecule has 0 aromatic rings. The van der Waals surface area contributed by atoms with Gasteiger partial charge in [0, 0.05) is 5.88 Å².